The molecule has 28 heavy (non-hydrogen) atoms. The fourth-order valence-corrected chi connectivity index (χ4v) is 3.62. The van der Waals surface area contributed by atoms with Gasteiger partial charge in [0.05, 0.1) is 18.9 Å². The van der Waals surface area contributed by atoms with Crippen molar-refractivity contribution in [3.8, 4) is 22.5 Å². The number of nitrogens with two attached hydrogens (primary N) is 1. The van der Waals surface area contributed by atoms with Gasteiger partial charge in [-0.3, -0.25) is 10.1 Å². The summed E-state index contributed by atoms with van der Waals surface area (Å²) in [6, 6.07) is 14.0. The predicted molar refractivity (Wildman–Crippen MR) is 110 cm³/mol. The van der Waals surface area contributed by atoms with Crippen LogP contribution in [0.5, 0.6) is 0 Å². The van der Waals surface area contributed by atoms with Crippen molar-refractivity contribution in [2.24, 2.45) is 0 Å². The van der Waals surface area contributed by atoms with Crippen LogP contribution >= 0.6 is 0 Å². The molecule has 0 atom stereocenters. The molecule has 1 saturated heterocycles. The molecule has 0 aliphatic carbocycles. The summed E-state index contributed by atoms with van der Waals surface area (Å²) in [5, 5.41) is 8.11. The Morgan fingerprint density at radius 2 is 1.93 bits per heavy atom. The first-order chi connectivity index (χ1) is 13.8. The molecule has 3 N–H and O–H groups in total. The highest BCUT2D eigenvalue weighted by Crippen LogP contribution is 2.35. The second-order valence-corrected chi connectivity index (χ2v) is 6.78. The minimum atomic E-state index is 0.702. The standard InChI is InChI=1S/C21H20N6O/c22-15-3-1-2-14(12-15)17-13-19(27-8-10-28-11-9-27)25-20-16(17)4-6-23-21(20)18-5-7-24-26-18/h1-7,12-13H,8-11,22H2,(H,24,26). The molecular weight excluding hydrogens is 352 g/mol. The van der Waals surface area contributed by atoms with E-state index in [0.29, 0.717) is 13.2 Å². The zero-order chi connectivity index (χ0) is 18.9. The smallest absolute Gasteiger partial charge is 0.130 e. The number of hydrogen-bond acceptors (Lipinski definition) is 6. The maximum absolute atomic E-state index is 6.06. The number of nitrogen functional groups attached to an aromatic ring is 1. The second kappa shape index (κ2) is 6.94. The van der Waals surface area contributed by atoms with Crippen LogP contribution in [-0.4, -0.2) is 46.5 Å². The number of nitrogens with one attached hydrogen (secondary N) is 1. The molecule has 0 saturated carbocycles. The summed E-state index contributed by atoms with van der Waals surface area (Å²) >= 11 is 0. The normalized spacial score (nSPS) is 14.5. The SMILES string of the molecule is Nc1cccc(-c2cc(N3CCOCC3)nc3c(-c4ccn[nH]4)nccc23)c1. The first kappa shape index (κ1) is 16.7. The van der Waals surface area contributed by atoms with Gasteiger partial charge in [0, 0.05) is 36.6 Å². The minimum Gasteiger partial charge on any atom is -0.399 e. The third-order valence-electron chi connectivity index (χ3n) is 5.00. The molecule has 7 heteroatoms. The molecule has 5 rings (SSSR count). The fourth-order valence-electron chi connectivity index (χ4n) is 3.62. The van der Waals surface area contributed by atoms with E-state index in [1.807, 2.05) is 36.5 Å². The number of benzene rings is 1. The Morgan fingerprint density at radius 1 is 1.04 bits per heavy atom. The molecule has 7 nitrogen and oxygen atoms in total. The van der Waals surface area contributed by atoms with Gasteiger partial charge in [-0.15, -0.1) is 0 Å². The molecule has 4 heterocycles. The summed E-state index contributed by atoms with van der Waals surface area (Å²) in [5.41, 5.74) is 11.4. The molecule has 0 unspecified atom stereocenters. The van der Waals surface area contributed by atoms with Crippen LogP contribution in [0.2, 0.25) is 0 Å². The Morgan fingerprint density at radius 3 is 2.71 bits per heavy atom. The lowest BCUT2D eigenvalue weighted by molar-refractivity contribution is 0.122. The maximum Gasteiger partial charge on any atom is 0.130 e. The van der Waals surface area contributed by atoms with E-state index in [-0.39, 0.29) is 0 Å². The molecule has 4 aromatic rings. The number of fused-ring (bicyclic) bond motifs is 1. The van der Waals surface area contributed by atoms with E-state index in [1.54, 1.807) is 6.20 Å². The number of nitrogens with zero attached hydrogens (tertiary/aromatic N) is 4. The quantitative estimate of drug-likeness (QED) is 0.537. The highest BCUT2D eigenvalue weighted by Gasteiger charge is 2.18. The molecule has 0 spiro atoms. The summed E-state index contributed by atoms with van der Waals surface area (Å²) < 4.78 is 5.51. The molecular formula is C21H20N6O. The van der Waals surface area contributed by atoms with Crippen molar-refractivity contribution in [2.45, 2.75) is 0 Å². The highest BCUT2D eigenvalue weighted by molar-refractivity contribution is 6.01. The zero-order valence-electron chi connectivity index (χ0n) is 15.3. The van der Waals surface area contributed by atoms with Crippen molar-refractivity contribution in [3.63, 3.8) is 0 Å². The molecule has 3 aromatic heterocycles. The van der Waals surface area contributed by atoms with E-state index in [2.05, 4.69) is 32.2 Å². The van der Waals surface area contributed by atoms with E-state index < -0.39 is 0 Å². The second-order valence-electron chi connectivity index (χ2n) is 6.78. The van der Waals surface area contributed by atoms with Crippen LogP contribution in [0.4, 0.5) is 11.5 Å². The molecule has 0 amide bonds. The Kier molecular flexibility index (Phi) is 4.14. The van der Waals surface area contributed by atoms with Gasteiger partial charge in [0.15, 0.2) is 0 Å². The van der Waals surface area contributed by atoms with Crippen LogP contribution in [-0.2, 0) is 4.74 Å². The Hall–Kier alpha value is -3.45. The zero-order valence-corrected chi connectivity index (χ0v) is 15.3. The summed E-state index contributed by atoms with van der Waals surface area (Å²) in [7, 11) is 0. The van der Waals surface area contributed by atoms with Crippen molar-refractivity contribution in [2.75, 3.05) is 36.9 Å². The van der Waals surface area contributed by atoms with Gasteiger partial charge in [-0.05, 0) is 41.5 Å². The van der Waals surface area contributed by atoms with Crippen molar-refractivity contribution in [1.29, 1.82) is 0 Å². The van der Waals surface area contributed by atoms with Crippen molar-refractivity contribution in [1.82, 2.24) is 20.2 Å². The number of morpholine rings is 1. The van der Waals surface area contributed by atoms with Gasteiger partial charge in [-0.2, -0.15) is 5.10 Å². The Bertz CT molecular complexity index is 1120. The van der Waals surface area contributed by atoms with Crippen LogP contribution < -0.4 is 10.6 Å². The topological polar surface area (TPSA) is 93.0 Å². The van der Waals surface area contributed by atoms with Gasteiger partial charge in [0.1, 0.15) is 17.0 Å². The highest BCUT2D eigenvalue weighted by atomic mass is 16.5. The lowest BCUT2D eigenvalue weighted by Crippen LogP contribution is -2.36. The van der Waals surface area contributed by atoms with E-state index >= 15 is 0 Å². The summed E-state index contributed by atoms with van der Waals surface area (Å²) in [6.45, 7) is 3.03. The van der Waals surface area contributed by atoms with Crippen LogP contribution in [0.1, 0.15) is 0 Å². The van der Waals surface area contributed by atoms with Crippen LogP contribution in [0, 0.1) is 0 Å². The third kappa shape index (κ3) is 2.95. The Balaban J connectivity index is 1.78. The summed E-state index contributed by atoms with van der Waals surface area (Å²) in [5.74, 6) is 0.919. The number of aromatic nitrogens is 4. The predicted octanol–water partition coefficient (Wildman–Crippen LogP) is 3.11. The van der Waals surface area contributed by atoms with Crippen LogP contribution in [0.15, 0.2) is 54.9 Å². The van der Waals surface area contributed by atoms with Gasteiger partial charge in [-0.1, -0.05) is 12.1 Å². The van der Waals surface area contributed by atoms with Crippen LogP contribution in [0.25, 0.3) is 33.4 Å². The number of aromatic amines is 1. The van der Waals surface area contributed by atoms with Crippen molar-refractivity contribution in [3.05, 3.63) is 54.9 Å². The first-order valence-corrected chi connectivity index (χ1v) is 9.28. The van der Waals surface area contributed by atoms with Gasteiger partial charge in [0.2, 0.25) is 0 Å². The van der Waals surface area contributed by atoms with E-state index in [1.165, 1.54) is 0 Å². The van der Waals surface area contributed by atoms with Crippen molar-refractivity contribution < 1.29 is 4.74 Å². The average molecular weight is 372 g/mol. The molecule has 1 aliphatic rings. The van der Waals surface area contributed by atoms with E-state index in [9.17, 15) is 0 Å². The van der Waals surface area contributed by atoms with E-state index in [0.717, 1.165) is 58.0 Å². The van der Waals surface area contributed by atoms with Crippen molar-refractivity contribution >= 4 is 22.4 Å². The number of hydrogen-bond donors (Lipinski definition) is 2. The van der Waals surface area contributed by atoms with Gasteiger partial charge >= 0.3 is 0 Å². The van der Waals surface area contributed by atoms with Gasteiger partial charge < -0.3 is 15.4 Å². The monoisotopic (exact) mass is 372 g/mol. The van der Waals surface area contributed by atoms with Gasteiger partial charge in [0.25, 0.3) is 0 Å². The number of anilines is 2. The van der Waals surface area contributed by atoms with Crippen LogP contribution in [0.3, 0.4) is 0 Å². The number of ether oxygens (including phenoxy) is 1. The summed E-state index contributed by atoms with van der Waals surface area (Å²) in [4.78, 5) is 11.8. The maximum atomic E-state index is 6.06. The number of H-pyrrole nitrogens is 1. The van der Waals surface area contributed by atoms with Gasteiger partial charge in [-0.25, -0.2) is 4.98 Å². The lowest BCUT2D eigenvalue weighted by Gasteiger charge is -2.28. The minimum absolute atomic E-state index is 0.702. The summed E-state index contributed by atoms with van der Waals surface area (Å²) in [6.07, 6.45) is 3.53. The third-order valence-corrected chi connectivity index (χ3v) is 5.00. The molecule has 140 valence electrons. The molecule has 0 radical (unpaired) electrons. The molecule has 1 aromatic carbocycles. The average Bonchev–Trinajstić information content (AvgIpc) is 3.28. The number of pyridine rings is 2. The molecule has 1 aliphatic heterocycles. The fraction of sp³-hybridized carbons (Fsp3) is 0.190. The van der Waals surface area contributed by atoms with E-state index in [4.69, 9.17) is 15.5 Å². The number of rotatable bonds is 3. The lowest BCUT2D eigenvalue weighted by atomic mass is 9.99. The molecule has 1 fully saturated rings. The first-order valence-electron chi connectivity index (χ1n) is 9.28. The molecule has 0 bridgehead atoms. The Labute approximate surface area is 162 Å². The largest absolute Gasteiger partial charge is 0.399 e.